The maximum atomic E-state index is 10.1. The van der Waals surface area contributed by atoms with Crippen LogP contribution in [0.5, 0.6) is 0 Å². The Morgan fingerprint density at radius 2 is 2.00 bits per heavy atom. The molecule has 2 N–H and O–H groups in total. The van der Waals surface area contributed by atoms with Crippen LogP contribution in [-0.4, -0.2) is 11.1 Å². The van der Waals surface area contributed by atoms with Crippen molar-refractivity contribution in [2.45, 2.75) is 12.1 Å². The second kappa shape index (κ2) is 4.64. The zero-order valence-corrected chi connectivity index (χ0v) is 9.68. The standard InChI is InChI=1S/C12H12BrNO/c13-10-6-7-11(14-8-10)12(15)9-4-2-1-3-5-9/h1-8,11-12,14-15H. The summed E-state index contributed by atoms with van der Waals surface area (Å²) in [5, 5.41) is 13.2. The normalized spacial score (nSPS) is 21.7. The summed E-state index contributed by atoms with van der Waals surface area (Å²) < 4.78 is 0.985. The molecule has 0 radical (unpaired) electrons. The molecule has 0 saturated carbocycles. The highest BCUT2D eigenvalue weighted by Crippen LogP contribution is 2.21. The molecule has 0 spiro atoms. The van der Waals surface area contributed by atoms with Crippen molar-refractivity contribution in [1.29, 1.82) is 0 Å². The van der Waals surface area contributed by atoms with Gasteiger partial charge in [-0.3, -0.25) is 0 Å². The van der Waals surface area contributed by atoms with Crippen molar-refractivity contribution in [2.75, 3.05) is 0 Å². The van der Waals surface area contributed by atoms with Crippen LogP contribution in [0.3, 0.4) is 0 Å². The molecule has 1 aliphatic rings. The zero-order chi connectivity index (χ0) is 10.7. The Bertz CT molecular complexity index is 386. The first-order valence-corrected chi connectivity index (χ1v) is 5.59. The molecule has 3 heteroatoms. The Balaban J connectivity index is 2.10. The average Bonchev–Trinajstić information content (AvgIpc) is 2.30. The lowest BCUT2D eigenvalue weighted by atomic mass is 10.0. The summed E-state index contributed by atoms with van der Waals surface area (Å²) in [6, 6.07) is 9.58. The Kier molecular flexibility index (Phi) is 3.23. The van der Waals surface area contributed by atoms with E-state index in [9.17, 15) is 5.11 Å². The van der Waals surface area contributed by atoms with E-state index in [-0.39, 0.29) is 6.04 Å². The fourth-order valence-corrected chi connectivity index (χ4v) is 1.81. The van der Waals surface area contributed by atoms with Crippen LogP contribution in [0.25, 0.3) is 0 Å². The molecule has 2 nitrogen and oxygen atoms in total. The summed E-state index contributed by atoms with van der Waals surface area (Å²) in [5.41, 5.74) is 0.922. The Hall–Kier alpha value is -1.06. The maximum Gasteiger partial charge on any atom is 0.103 e. The van der Waals surface area contributed by atoms with Gasteiger partial charge >= 0.3 is 0 Å². The van der Waals surface area contributed by atoms with Gasteiger partial charge in [-0.05, 0) is 27.6 Å². The molecular formula is C12H12BrNO. The van der Waals surface area contributed by atoms with E-state index in [0.717, 1.165) is 10.0 Å². The minimum Gasteiger partial charge on any atom is -0.386 e. The van der Waals surface area contributed by atoms with E-state index in [1.54, 1.807) is 0 Å². The van der Waals surface area contributed by atoms with Crippen LogP contribution in [0.4, 0.5) is 0 Å². The van der Waals surface area contributed by atoms with E-state index < -0.39 is 6.10 Å². The highest BCUT2D eigenvalue weighted by Gasteiger charge is 2.18. The molecule has 15 heavy (non-hydrogen) atoms. The number of hydrogen-bond acceptors (Lipinski definition) is 2. The second-order valence-corrected chi connectivity index (χ2v) is 4.35. The Morgan fingerprint density at radius 1 is 1.27 bits per heavy atom. The predicted molar refractivity (Wildman–Crippen MR) is 64.5 cm³/mol. The van der Waals surface area contributed by atoms with Crippen molar-refractivity contribution < 1.29 is 5.11 Å². The van der Waals surface area contributed by atoms with Crippen LogP contribution >= 0.6 is 15.9 Å². The number of dihydropyridines is 1. The van der Waals surface area contributed by atoms with Gasteiger partial charge in [-0.1, -0.05) is 36.4 Å². The average molecular weight is 266 g/mol. The minimum atomic E-state index is -0.515. The third-order valence-electron chi connectivity index (χ3n) is 2.36. The van der Waals surface area contributed by atoms with E-state index in [4.69, 9.17) is 0 Å². The molecule has 2 unspecified atom stereocenters. The van der Waals surface area contributed by atoms with Crippen molar-refractivity contribution in [3.63, 3.8) is 0 Å². The smallest absolute Gasteiger partial charge is 0.103 e. The molecule has 2 rings (SSSR count). The highest BCUT2D eigenvalue weighted by atomic mass is 79.9. The molecule has 0 aromatic heterocycles. The molecule has 1 aliphatic heterocycles. The fourth-order valence-electron chi connectivity index (χ4n) is 1.53. The highest BCUT2D eigenvalue weighted by molar-refractivity contribution is 9.11. The molecule has 1 aromatic rings. The lowest BCUT2D eigenvalue weighted by Crippen LogP contribution is -2.31. The summed E-state index contributed by atoms with van der Waals surface area (Å²) in [6.07, 6.45) is 5.21. The summed E-state index contributed by atoms with van der Waals surface area (Å²) in [5.74, 6) is 0. The number of benzene rings is 1. The Morgan fingerprint density at radius 3 is 2.60 bits per heavy atom. The molecule has 0 aliphatic carbocycles. The van der Waals surface area contributed by atoms with Gasteiger partial charge < -0.3 is 10.4 Å². The molecule has 2 atom stereocenters. The van der Waals surface area contributed by atoms with Crippen LogP contribution in [0, 0.1) is 0 Å². The van der Waals surface area contributed by atoms with Gasteiger partial charge in [0.2, 0.25) is 0 Å². The van der Waals surface area contributed by atoms with Gasteiger partial charge in [-0.25, -0.2) is 0 Å². The van der Waals surface area contributed by atoms with Crippen LogP contribution in [-0.2, 0) is 0 Å². The molecule has 0 amide bonds. The van der Waals surface area contributed by atoms with Gasteiger partial charge in [0.25, 0.3) is 0 Å². The SMILES string of the molecule is OC(c1ccccc1)C1C=CC(Br)=CN1. The first-order valence-electron chi connectivity index (χ1n) is 4.80. The molecule has 78 valence electrons. The van der Waals surface area contributed by atoms with Crippen molar-refractivity contribution in [3.8, 4) is 0 Å². The number of allylic oxidation sites excluding steroid dienone is 2. The molecule has 0 fully saturated rings. The van der Waals surface area contributed by atoms with Gasteiger partial charge in [0, 0.05) is 10.7 Å². The van der Waals surface area contributed by atoms with Gasteiger partial charge in [0.1, 0.15) is 6.10 Å². The maximum absolute atomic E-state index is 10.1. The van der Waals surface area contributed by atoms with E-state index in [2.05, 4.69) is 21.2 Å². The van der Waals surface area contributed by atoms with E-state index >= 15 is 0 Å². The number of hydrogen-bond donors (Lipinski definition) is 2. The summed E-state index contributed by atoms with van der Waals surface area (Å²) >= 11 is 3.35. The number of halogens is 1. The largest absolute Gasteiger partial charge is 0.386 e. The van der Waals surface area contributed by atoms with E-state index in [1.807, 2.05) is 48.7 Å². The lowest BCUT2D eigenvalue weighted by Gasteiger charge is -2.23. The van der Waals surface area contributed by atoms with Crippen LogP contribution < -0.4 is 5.32 Å². The van der Waals surface area contributed by atoms with Gasteiger partial charge in [0.05, 0.1) is 6.04 Å². The van der Waals surface area contributed by atoms with Crippen molar-refractivity contribution in [3.05, 3.63) is 58.7 Å². The van der Waals surface area contributed by atoms with Crippen molar-refractivity contribution in [1.82, 2.24) is 5.32 Å². The molecule has 0 bridgehead atoms. The monoisotopic (exact) mass is 265 g/mol. The van der Waals surface area contributed by atoms with Gasteiger partial charge in [-0.2, -0.15) is 0 Å². The number of aliphatic hydroxyl groups is 1. The second-order valence-electron chi connectivity index (χ2n) is 3.44. The third-order valence-corrected chi connectivity index (χ3v) is 2.85. The van der Waals surface area contributed by atoms with Crippen LogP contribution in [0.1, 0.15) is 11.7 Å². The van der Waals surface area contributed by atoms with E-state index in [1.165, 1.54) is 0 Å². The minimum absolute atomic E-state index is 0.0614. The first-order chi connectivity index (χ1) is 7.27. The molecule has 0 saturated heterocycles. The van der Waals surface area contributed by atoms with E-state index in [0.29, 0.717) is 0 Å². The Labute approximate surface area is 97.4 Å². The van der Waals surface area contributed by atoms with Gasteiger partial charge in [-0.15, -0.1) is 0 Å². The van der Waals surface area contributed by atoms with Crippen LogP contribution in [0.15, 0.2) is 53.2 Å². The summed E-state index contributed by atoms with van der Waals surface area (Å²) in [7, 11) is 0. The lowest BCUT2D eigenvalue weighted by molar-refractivity contribution is 0.153. The summed E-state index contributed by atoms with van der Waals surface area (Å²) in [6.45, 7) is 0. The summed E-state index contributed by atoms with van der Waals surface area (Å²) in [4.78, 5) is 0. The first kappa shape index (κ1) is 10.5. The van der Waals surface area contributed by atoms with Crippen molar-refractivity contribution in [2.24, 2.45) is 0 Å². The van der Waals surface area contributed by atoms with Crippen molar-refractivity contribution >= 4 is 15.9 Å². The molecule has 1 aromatic carbocycles. The fraction of sp³-hybridized carbons (Fsp3) is 0.167. The number of rotatable bonds is 2. The topological polar surface area (TPSA) is 32.3 Å². The molecule has 1 heterocycles. The third kappa shape index (κ3) is 2.49. The number of aliphatic hydroxyl groups excluding tert-OH is 1. The predicted octanol–water partition coefficient (Wildman–Crippen LogP) is 2.48. The van der Waals surface area contributed by atoms with Crippen LogP contribution in [0.2, 0.25) is 0 Å². The molecular weight excluding hydrogens is 254 g/mol. The quantitative estimate of drug-likeness (QED) is 0.862. The zero-order valence-electron chi connectivity index (χ0n) is 8.10. The van der Waals surface area contributed by atoms with Gasteiger partial charge in [0.15, 0.2) is 0 Å². The number of nitrogens with one attached hydrogen (secondary N) is 1.